The van der Waals surface area contributed by atoms with Crippen molar-refractivity contribution in [3.05, 3.63) is 84.6 Å². The van der Waals surface area contributed by atoms with Gasteiger partial charge in [0.1, 0.15) is 5.75 Å². The molecular formula is C31H31N5O3S. The predicted octanol–water partition coefficient (Wildman–Crippen LogP) is 6.77. The molecule has 8 nitrogen and oxygen atoms in total. The first kappa shape index (κ1) is 27.2. The second-order valence-corrected chi connectivity index (χ2v) is 11.0. The van der Waals surface area contributed by atoms with Crippen molar-refractivity contribution >= 4 is 40.0 Å². The fourth-order valence-corrected chi connectivity index (χ4v) is 5.26. The number of carbonyl (C=O) groups is 2. The number of hydrogen-bond acceptors (Lipinski definition) is 6. The summed E-state index contributed by atoms with van der Waals surface area (Å²) in [7, 11) is 0. The summed E-state index contributed by atoms with van der Waals surface area (Å²) in [5, 5.41) is 13.2. The van der Waals surface area contributed by atoms with E-state index >= 15 is 0 Å². The van der Waals surface area contributed by atoms with Crippen LogP contribution in [0.3, 0.4) is 0 Å². The minimum absolute atomic E-state index is 0.0402. The number of ketones is 1. The molecular weight excluding hydrogens is 522 g/mol. The van der Waals surface area contributed by atoms with Crippen LogP contribution in [-0.2, 0) is 4.79 Å². The van der Waals surface area contributed by atoms with Crippen LogP contribution in [-0.4, -0.2) is 43.3 Å². The highest BCUT2D eigenvalue weighted by Gasteiger charge is 2.24. The van der Waals surface area contributed by atoms with Gasteiger partial charge in [0.25, 0.3) is 0 Å². The largest absolute Gasteiger partial charge is 0.494 e. The Hall–Kier alpha value is -4.37. The number of carbonyl (C=O) groups excluding carboxylic acids is 2. The average Bonchev–Trinajstić information content (AvgIpc) is 3.57. The van der Waals surface area contributed by atoms with Crippen molar-refractivity contribution in [3.63, 3.8) is 0 Å². The molecule has 0 spiro atoms. The summed E-state index contributed by atoms with van der Waals surface area (Å²) in [5.41, 5.74) is 4.01. The van der Waals surface area contributed by atoms with Gasteiger partial charge >= 0.3 is 0 Å². The number of anilines is 1. The summed E-state index contributed by atoms with van der Waals surface area (Å²) in [6.07, 6.45) is 1.93. The molecule has 3 aromatic carbocycles. The zero-order valence-corrected chi connectivity index (χ0v) is 23.7. The van der Waals surface area contributed by atoms with Crippen molar-refractivity contribution in [2.24, 2.45) is 5.92 Å². The van der Waals surface area contributed by atoms with Crippen LogP contribution in [0, 0.1) is 5.92 Å². The molecule has 40 heavy (non-hydrogen) atoms. The maximum absolute atomic E-state index is 13.4. The molecule has 2 heterocycles. The number of aromatic nitrogens is 4. The number of hydrogen-bond donors (Lipinski definition) is 2. The second-order valence-electron chi connectivity index (χ2n) is 9.66. The standard InChI is InChI=1S/C31H31N5O3S/c1-5-39-24-16-14-23(15-17-24)36-29(26-18-32-27-9-7-6-8-25(26)27)34-35-31(36)40-20(4)28(37)21-10-12-22(13-11-21)33-30(38)19(2)3/h6-20,32H,5H2,1-4H3,(H,33,38). The molecule has 0 aliphatic rings. The molecule has 0 aliphatic carbocycles. The lowest BCUT2D eigenvalue weighted by Crippen LogP contribution is -2.18. The molecule has 1 atom stereocenters. The van der Waals surface area contributed by atoms with E-state index in [1.165, 1.54) is 11.8 Å². The number of aromatic amines is 1. The highest BCUT2D eigenvalue weighted by Crippen LogP contribution is 2.34. The molecule has 0 bridgehead atoms. The van der Waals surface area contributed by atoms with Gasteiger partial charge < -0.3 is 15.0 Å². The maximum Gasteiger partial charge on any atom is 0.226 e. The van der Waals surface area contributed by atoms with Gasteiger partial charge in [-0.2, -0.15) is 0 Å². The Labute approximate surface area is 237 Å². The lowest BCUT2D eigenvalue weighted by molar-refractivity contribution is -0.118. The average molecular weight is 554 g/mol. The van der Waals surface area contributed by atoms with E-state index in [1.54, 1.807) is 24.3 Å². The number of benzene rings is 3. The molecule has 2 aromatic heterocycles. The van der Waals surface area contributed by atoms with Crippen LogP contribution >= 0.6 is 11.8 Å². The van der Waals surface area contributed by atoms with Crippen molar-refractivity contribution in [1.82, 2.24) is 19.7 Å². The van der Waals surface area contributed by atoms with E-state index in [2.05, 4.69) is 20.5 Å². The van der Waals surface area contributed by atoms with Gasteiger partial charge in [-0.15, -0.1) is 10.2 Å². The van der Waals surface area contributed by atoms with Crippen molar-refractivity contribution in [3.8, 4) is 22.8 Å². The molecule has 204 valence electrons. The predicted molar refractivity (Wildman–Crippen MR) is 159 cm³/mol. The fraction of sp³-hybridized carbons (Fsp3) is 0.226. The van der Waals surface area contributed by atoms with Crippen LogP contribution in [0.5, 0.6) is 5.75 Å². The third-order valence-corrected chi connectivity index (χ3v) is 7.52. The topological polar surface area (TPSA) is 102 Å². The number of H-pyrrole nitrogens is 1. The van der Waals surface area contributed by atoms with Gasteiger partial charge in [0, 0.05) is 45.5 Å². The Bertz CT molecular complexity index is 1640. The molecule has 1 amide bonds. The summed E-state index contributed by atoms with van der Waals surface area (Å²) in [6, 6.07) is 22.8. The molecule has 9 heteroatoms. The Balaban J connectivity index is 1.45. The van der Waals surface area contributed by atoms with Crippen molar-refractivity contribution < 1.29 is 14.3 Å². The highest BCUT2D eigenvalue weighted by atomic mass is 32.2. The number of thioether (sulfide) groups is 1. The second kappa shape index (κ2) is 11.8. The molecule has 0 saturated heterocycles. The quantitative estimate of drug-likeness (QED) is 0.146. The van der Waals surface area contributed by atoms with Gasteiger partial charge in [-0.05, 0) is 68.4 Å². The van der Waals surface area contributed by atoms with Crippen LogP contribution in [0.4, 0.5) is 5.69 Å². The van der Waals surface area contributed by atoms with Crippen LogP contribution in [0.25, 0.3) is 28.0 Å². The van der Waals surface area contributed by atoms with Crippen LogP contribution in [0.1, 0.15) is 38.1 Å². The van der Waals surface area contributed by atoms with Crippen molar-refractivity contribution in [2.75, 3.05) is 11.9 Å². The van der Waals surface area contributed by atoms with E-state index in [0.29, 0.717) is 28.8 Å². The van der Waals surface area contributed by atoms with E-state index < -0.39 is 5.25 Å². The zero-order chi connectivity index (χ0) is 28.2. The summed E-state index contributed by atoms with van der Waals surface area (Å²) in [5.74, 6) is 1.22. The number of nitrogens with zero attached hydrogens (tertiary/aromatic N) is 3. The number of para-hydroxylation sites is 1. The van der Waals surface area contributed by atoms with Crippen LogP contribution in [0.15, 0.2) is 84.1 Å². The maximum atomic E-state index is 13.4. The molecule has 5 rings (SSSR count). The lowest BCUT2D eigenvalue weighted by Gasteiger charge is -2.14. The fourth-order valence-electron chi connectivity index (χ4n) is 4.32. The van der Waals surface area contributed by atoms with Crippen molar-refractivity contribution in [2.45, 2.75) is 38.1 Å². The number of rotatable bonds is 10. The summed E-state index contributed by atoms with van der Waals surface area (Å²) in [4.78, 5) is 28.7. The molecule has 0 radical (unpaired) electrons. The Kier molecular flexibility index (Phi) is 8.02. The third-order valence-electron chi connectivity index (χ3n) is 6.48. The monoisotopic (exact) mass is 553 g/mol. The normalized spacial score (nSPS) is 12.0. The third kappa shape index (κ3) is 5.65. The first-order valence-electron chi connectivity index (χ1n) is 13.2. The zero-order valence-electron chi connectivity index (χ0n) is 22.8. The lowest BCUT2D eigenvalue weighted by atomic mass is 10.1. The molecule has 1 unspecified atom stereocenters. The highest BCUT2D eigenvalue weighted by molar-refractivity contribution is 8.00. The number of nitrogens with one attached hydrogen (secondary N) is 2. The summed E-state index contributed by atoms with van der Waals surface area (Å²) < 4.78 is 7.61. The van der Waals surface area contributed by atoms with E-state index in [9.17, 15) is 9.59 Å². The van der Waals surface area contributed by atoms with Crippen LogP contribution < -0.4 is 10.1 Å². The number of ether oxygens (including phenoxy) is 1. The Morgan fingerprint density at radius 1 is 0.975 bits per heavy atom. The van der Waals surface area contributed by atoms with Crippen molar-refractivity contribution in [1.29, 1.82) is 0 Å². The van der Waals surface area contributed by atoms with E-state index in [-0.39, 0.29) is 17.6 Å². The van der Waals surface area contributed by atoms with Crippen LogP contribution in [0.2, 0.25) is 0 Å². The Morgan fingerprint density at radius 2 is 1.70 bits per heavy atom. The van der Waals surface area contributed by atoms with E-state index in [4.69, 9.17) is 4.74 Å². The summed E-state index contributed by atoms with van der Waals surface area (Å²) >= 11 is 1.35. The molecule has 0 saturated carbocycles. The molecule has 0 fully saturated rings. The number of Topliss-reactive ketones (excluding diaryl/α,β-unsaturated/α-hetero) is 1. The van der Waals surface area contributed by atoms with Gasteiger partial charge in [0.15, 0.2) is 16.8 Å². The molecule has 5 aromatic rings. The number of amides is 1. The smallest absolute Gasteiger partial charge is 0.226 e. The first-order valence-corrected chi connectivity index (χ1v) is 14.1. The Morgan fingerprint density at radius 3 is 2.40 bits per heavy atom. The first-order chi connectivity index (χ1) is 19.4. The van der Waals surface area contributed by atoms with E-state index in [0.717, 1.165) is 27.9 Å². The summed E-state index contributed by atoms with van der Waals surface area (Å²) in [6.45, 7) is 8.07. The number of fused-ring (bicyclic) bond motifs is 1. The van der Waals surface area contributed by atoms with Gasteiger partial charge in [-0.3, -0.25) is 14.2 Å². The minimum atomic E-state index is -0.433. The van der Waals surface area contributed by atoms with Gasteiger partial charge in [0.05, 0.1) is 11.9 Å². The molecule has 0 aliphatic heterocycles. The minimum Gasteiger partial charge on any atom is -0.494 e. The van der Waals surface area contributed by atoms with Gasteiger partial charge in [0.2, 0.25) is 5.91 Å². The van der Waals surface area contributed by atoms with E-state index in [1.807, 2.05) is 87.0 Å². The van der Waals surface area contributed by atoms with Gasteiger partial charge in [-0.25, -0.2) is 0 Å². The molecule has 2 N–H and O–H groups in total. The SMILES string of the molecule is CCOc1ccc(-n2c(SC(C)C(=O)c3ccc(NC(=O)C(C)C)cc3)nnc2-c2c[nH]c3ccccc23)cc1. The van der Waals surface area contributed by atoms with Gasteiger partial charge in [-0.1, -0.05) is 43.8 Å².